The fourth-order valence-corrected chi connectivity index (χ4v) is 1.58. The molecule has 0 saturated carbocycles. The Bertz CT molecular complexity index is 481. The maximum absolute atomic E-state index is 9.91. The van der Waals surface area contributed by atoms with Crippen molar-refractivity contribution in [3.8, 4) is 0 Å². The molecule has 0 unspecified atom stereocenters. The average Bonchev–Trinajstić information content (AvgIpc) is 2.67. The number of carbonyl (C=O) groups excluding carboxylic acids is 1. The van der Waals surface area contributed by atoms with E-state index in [1.165, 1.54) is 10.9 Å². The Morgan fingerprint density at radius 1 is 1.36 bits per heavy atom. The molecule has 3 heteroatoms. The number of aromatic nitrogens is 1. The molecule has 3 nitrogen and oxygen atoms in total. The lowest BCUT2D eigenvalue weighted by Gasteiger charge is -1.99. The highest BCUT2D eigenvalue weighted by Gasteiger charge is 2.00. The Morgan fingerprint density at radius 2 is 2.29 bits per heavy atom. The molecule has 0 aliphatic carbocycles. The van der Waals surface area contributed by atoms with Gasteiger partial charge in [-0.25, -0.2) is 9.79 Å². The van der Waals surface area contributed by atoms with Crippen molar-refractivity contribution in [3.05, 3.63) is 36.0 Å². The number of hydrogen-bond donors (Lipinski definition) is 1. The summed E-state index contributed by atoms with van der Waals surface area (Å²) < 4.78 is 0. The molecule has 1 aromatic heterocycles. The van der Waals surface area contributed by atoms with Crippen LogP contribution in [0.3, 0.4) is 0 Å². The van der Waals surface area contributed by atoms with Crippen LogP contribution in [0.5, 0.6) is 0 Å². The number of H-pyrrole nitrogens is 1. The third-order valence-corrected chi connectivity index (χ3v) is 2.23. The monoisotopic (exact) mass is 186 g/mol. The van der Waals surface area contributed by atoms with Gasteiger partial charge in [0.15, 0.2) is 0 Å². The van der Waals surface area contributed by atoms with Crippen molar-refractivity contribution in [3.63, 3.8) is 0 Å². The second kappa shape index (κ2) is 3.90. The van der Waals surface area contributed by atoms with E-state index in [0.717, 1.165) is 11.9 Å². The first kappa shape index (κ1) is 8.73. The van der Waals surface area contributed by atoms with Crippen molar-refractivity contribution in [1.29, 1.82) is 0 Å². The van der Waals surface area contributed by atoms with Gasteiger partial charge < -0.3 is 4.98 Å². The molecule has 0 amide bonds. The minimum Gasteiger partial charge on any atom is -0.361 e. The highest BCUT2D eigenvalue weighted by atomic mass is 16.1. The number of fused-ring (bicyclic) bond motifs is 1. The topological polar surface area (TPSA) is 45.2 Å². The van der Waals surface area contributed by atoms with Gasteiger partial charge in [-0.15, -0.1) is 0 Å². The molecule has 70 valence electrons. The summed E-state index contributed by atoms with van der Waals surface area (Å²) in [5.74, 6) is 0. The molecule has 0 radical (unpaired) electrons. The van der Waals surface area contributed by atoms with E-state index >= 15 is 0 Å². The standard InChI is InChI=1S/C11H10N2O/c14-8-12-6-4-9-2-1-3-10-5-7-13-11(9)10/h1-3,5,7,13H,4,6H2. The first-order valence-electron chi connectivity index (χ1n) is 4.50. The van der Waals surface area contributed by atoms with Crippen molar-refractivity contribution in [2.24, 2.45) is 4.99 Å². The van der Waals surface area contributed by atoms with Gasteiger partial charge in [0.25, 0.3) is 0 Å². The molecule has 0 fully saturated rings. The Morgan fingerprint density at radius 3 is 3.14 bits per heavy atom. The van der Waals surface area contributed by atoms with Crippen LogP contribution in [0.4, 0.5) is 0 Å². The zero-order chi connectivity index (χ0) is 9.80. The summed E-state index contributed by atoms with van der Waals surface area (Å²) >= 11 is 0. The van der Waals surface area contributed by atoms with E-state index in [4.69, 9.17) is 0 Å². The fraction of sp³-hybridized carbons (Fsp3) is 0.182. The van der Waals surface area contributed by atoms with Gasteiger partial charge in [-0.2, -0.15) is 0 Å². The Labute approximate surface area is 81.5 Å². The largest absolute Gasteiger partial charge is 0.361 e. The van der Waals surface area contributed by atoms with Gasteiger partial charge in [0.2, 0.25) is 6.08 Å². The van der Waals surface area contributed by atoms with E-state index in [2.05, 4.69) is 16.0 Å². The summed E-state index contributed by atoms with van der Waals surface area (Å²) in [5, 5.41) is 1.19. The number of isocyanates is 1. The third-order valence-electron chi connectivity index (χ3n) is 2.23. The molecule has 0 bridgehead atoms. The molecular weight excluding hydrogens is 176 g/mol. The Hall–Kier alpha value is -1.86. The van der Waals surface area contributed by atoms with E-state index < -0.39 is 0 Å². The molecule has 0 atom stereocenters. The van der Waals surface area contributed by atoms with Crippen molar-refractivity contribution >= 4 is 17.0 Å². The van der Waals surface area contributed by atoms with E-state index in [1.54, 1.807) is 6.08 Å². The molecule has 2 rings (SSSR count). The molecule has 0 aliphatic rings. The first-order valence-corrected chi connectivity index (χ1v) is 4.50. The predicted molar refractivity (Wildman–Crippen MR) is 55.0 cm³/mol. The molecule has 1 aromatic carbocycles. The lowest BCUT2D eigenvalue weighted by molar-refractivity contribution is 0.563. The predicted octanol–water partition coefficient (Wildman–Crippen LogP) is 2.05. The minimum absolute atomic E-state index is 0.502. The van der Waals surface area contributed by atoms with Crippen LogP contribution in [-0.4, -0.2) is 17.6 Å². The van der Waals surface area contributed by atoms with Crippen LogP contribution in [0.15, 0.2) is 35.5 Å². The smallest absolute Gasteiger partial charge is 0.234 e. The van der Waals surface area contributed by atoms with Gasteiger partial charge in [0, 0.05) is 11.7 Å². The Kier molecular flexibility index (Phi) is 2.43. The molecule has 1 heterocycles. The fourth-order valence-electron chi connectivity index (χ4n) is 1.58. The molecule has 2 aromatic rings. The average molecular weight is 186 g/mol. The third kappa shape index (κ3) is 1.58. The van der Waals surface area contributed by atoms with E-state index in [1.807, 2.05) is 24.4 Å². The van der Waals surface area contributed by atoms with Crippen LogP contribution < -0.4 is 0 Å². The van der Waals surface area contributed by atoms with Gasteiger partial charge in [0.05, 0.1) is 6.54 Å². The number of rotatable bonds is 3. The normalized spacial score (nSPS) is 10.0. The van der Waals surface area contributed by atoms with Gasteiger partial charge >= 0.3 is 0 Å². The summed E-state index contributed by atoms with van der Waals surface area (Å²) in [6, 6.07) is 8.13. The van der Waals surface area contributed by atoms with Crippen molar-refractivity contribution in [1.82, 2.24) is 4.98 Å². The van der Waals surface area contributed by atoms with Gasteiger partial charge in [-0.05, 0) is 23.4 Å². The van der Waals surface area contributed by atoms with E-state index in [-0.39, 0.29) is 0 Å². The number of nitrogens with zero attached hydrogens (tertiary/aromatic N) is 1. The van der Waals surface area contributed by atoms with Gasteiger partial charge in [0.1, 0.15) is 0 Å². The second-order valence-corrected chi connectivity index (χ2v) is 3.08. The summed E-state index contributed by atoms with van der Waals surface area (Å²) in [4.78, 5) is 16.6. The molecule has 14 heavy (non-hydrogen) atoms. The van der Waals surface area contributed by atoms with E-state index in [9.17, 15) is 4.79 Å². The molecule has 0 aliphatic heterocycles. The SMILES string of the molecule is O=C=NCCc1cccc2cc[nH]c12. The quantitative estimate of drug-likeness (QED) is 0.578. The zero-order valence-corrected chi connectivity index (χ0v) is 7.66. The van der Waals surface area contributed by atoms with Gasteiger partial charge in [-0.3, -0.25) is 0 Å². The van der Waals surface area contributed by atoms with Crippen LogP contribution in [-0.2, 0) is 11.2 Å². The van der Waals surface area contributed by atoms with Crippen LogP contribution >= 0.6 is 0 Å². The number of benzene rings is 1. The van der Waals surface area contributed by atoms with Crippen molar-refractivity contribution in [2.45, 2.75) is 6.42 Å². The molecule has 0 saturated heterocycles. The maximum atomic E-state index is 9.91. The summed E-state index contributed by atoms with van der Waals surface area (Å²) in [5.41, 5.74) is 2.32. The molecule has 0 spiro atoms. The summed E-state index contributed by atoms with van der Waals surface area (Å²) in [7, 11) is 0. The highest BCUT2D eigenvalue weighted by Crippen LogP contribution is 2.17. The minimum atomic E-state index is 0.502. The van der Waals surface area contributed by atoms with Crippen molar-refractivity contribution < 1.29 is 4.79 Å². The Balaban J connectivity index is 2.31. The van der Waals surface area contributed by atoms with Crippen LogP contribution in [0.2, 0.25) is 0 Å². The van der Waals surface area contributed by atoms with Crippen molar-refractivity contribution in [2.75, 3.05) is 6.54 Å². The number of aromatic amines is 1. The number of aliphatic imine (C=N–C) groups is 1. The first-order chi connectivity index (χ1) is 6.92. The van der Waals surface area contributed by atoms with Crippen LogP contribution in [0.1, 0.15) is 5.56 Å². The van der Waals surface area contributed by atoms with Crippen LogP contribution in [0, 0.1) is 0 Å². The second-order valence-electron chi connectivity index (χ2n) is 3.08. The maximum Gasteiger partial charge on any atom is 0.234 e. The molecular formula is C11H10N2O. The number of hydrogen-bond acceptors (Lipinski definition) is 2. The summed E-state index contributed by atoms with van der Waals surface area (Å²) in [6.07, 6.45) is 4.23. The number of para-hydroxylation sites is 1. The van der Waals surface area contributed by atoms with Crippen LogP contribution in [0.25, 0.3) is 10.9 Å². The van der Waals surface area contributed by atoms with Gasteiger partial charge in [-0.1, -0.05) is 18.2 Å². The number of nitrogens with one attached hydrogen (secondary N) is 1. The van der Waals surface area contributed by atoms with E-state index in [0.29, 0.717) is 6.54 Å². The highest BCUT2D eigenvalue weighted by molar-refractivity contribution is 5.82. The molecule has 1 N–H and O–H groups in total. The lowest BCUT2D eigenvalue weighted by Crippen LogP contribution is -1.90. The zero-order valence-electron chi connectivity index (χ0n) is 7.66. The lowest BCUT2D eigenvalue weighted by atomic mass is 10.1. The summed E-state index contributed by atoms with van der Waals surface area (Å²) in [6.45, 7) is 0.502.